The number of hydrogen-bond acceptors (Lipinski definition) is 6. The van der Waals surface area contributed by atoms with Gasteiger partial charge in [-0.25, -0.2) is 9.97 Å². The van der Waals surface area contributed by atoms with Crippen LogP contribution in [0, 0.1) is 0 Å². The Morgan fingerprint density at radius 2 is 2.15 bits per heavy atom. The molecule has 4 rings (SSSR count). The van der Waals surface area contributed by atoms with Crippen LogP contribution in [-0.4, -0.2) is 44.6 Å². The van der Waals surface area contributed by atoms with Gasteiger partial charge in [-0.2, -0.15) is 0 Å². The zero-order valence-corrected chi connectivity index (χ0v) is 15.7. The zero-order valence-electron chi connectivity index (χ0n) is 14.9. The molecule has 0 spiro atoms. The number of aromatic nitrogens is 4. The van der Waals surface area contributed by atoms with Gasteiger partial charge in [-0.05, 0) is 25.5 Å². The van der Waals surface area contributed by atoms with Crippen LogP contribution < -0.4 is 4.74 Å². The summed E-state index contributed by atoms with van der Waals surface area (Å²) in [6.45, 7) is 3.75. The maximum Gasteiger partial charge on any atom is 0.122 e. The highest BCUT2D eigenvalue weighted by Crippen LogP contribution is 2.27. The molecular formula is C19H23N5OS. The van der Waals surface area contributed by atoms with E-state index in [9.17, 15) is 0 Å². The summed E-state index contributed by atoms with van der Waals surface area (Å²) in [4.78, 5) is 16.0. The summed E-state index contributed by atoms with van der Waals surface area (Å²) >= 11 is 1.64. The van der Waals surface area contributed by atoms with Crippen LogP contribution in [0.4, 0.5) is 0 Å². The average Bonchev–Trinajstić information content (AvgIpc) is 3.34. The van der Waals surface area contributed by atoms with Gasteiger partial charge in [-0.1, -0.05) is 0 Å². The molecular weight excluding hydrogens is 346 g/mol. The molecule has 1 unspecified atom stereocenters. The zero-order chi connectivity index (χ0) is 17.8. The van der Waals surface area contributed by atoms with E-state index in [0.717, 1.165) is 43.3 Å². The van der Waals surface area contributed by atoms with Crippen molar-refractivity contribution in [3.8, 4) is 5.75 Å². The van der Waals surface area contributed by atoms with Gasteiger partial charge >= 0.3 is 0 Å². The molecule has 0 radical (unpaired) electrons. The fraction of sp³-hybridized carbons (Fsp3) is 0.421. The average molecular weight is 369 g/mol. The van der Waals surface area contributed by atoms with E-state index < -0.39 is 0 Å². The second-order valence-corrected chi connectivity index (χ2v) is 7.37. The fourth-order valence-corrected chi connectivity index (χ4v) is 4.16. The molecule has 3 aromatic rings. The van der Waals surface area contributed by atoms with Gasteiger partial charge in [0.05, 0.1) is 30.6 Å². The van der Waals surface area contributed by atoms with Crippen LogP contribution in [0.1, 0.15) is 36.0 Å². The number of ether oxygens (including phenoxy) is 1. The Balaban J connectivity index is 1.44. The molecule has 1 aliphatic heterocycles. The van der Waals surface area contributed by atoms with E-state index in [0.29, 0.717) is 5.92 Å². The Hall–Kier alpha value is -2.25. The normalized spacial score (nSPS) is 18.1. The van der Waals surface area contributed by atoms with Gasteiger partial charge in [-0.3, -0.25) is 9.88 Å². The topological polar surface area (TPSA) is 56.1 Å². The van der Waals surface area contributed by atoms with E-state index in [1.54, 1.807) is 18.4 Å². The summed E-state index contributed by atoms with van der Waals surface area (Å²) in [6.07, 6.45) is 8.14. The number of rotatable bonds is 6. The van der Waals surface area contributed by atoms with Gasteiger partial charge in [0.2, 0.25) is 0 Å². The van der Waals surface area contributed by atoms with E-state index >= 15 is 0 Å². The van der Waals surface area contributed by atoms with Crippen LogP contribution in [0.5, 0.6) is 5.75 Å². The summed E-state index contributed by atoms with van der Waals surface area (Å²) in [5.41, 5.74) is 4.04. The lowest BCUT2D eigenvalue weighted by molar-refractivity contribution is 0.192. The highest BCUT2D eigenvalue weighted by atomic mass is 32.1. The quantitative estimate of drug-likeness (QED) is 0.668. The van der Waals surface area contributed by atoms with Crippen molar-refractivity contribution in [2.75, 3.05) is 20.2 Å². The van der Waals surface area contributed by atoms with Gasteiger partial charge in [0.15, 0.2) is 0 Å². The van der Waals surface area contributed by atoms with Crippen LogP contribution in [0.2, 0.25) is 0 Å². The van der Waals surface area contributed by atoms with Gasteiger partial charge in [0.25, 0.3) is 0 Å². The SMILES string of the molecule is COc1ccnc(CN2CCCC(c3nccn3Cc3cscn3)C2)c1. The third-order valence-corrected chi connectivity index (χ3v) is 5.48. The molecule has 0 aromatic carbocycles. The maximum absolute atomic E-state index is 5.31. The van der Waals surface area contributed by atoms with Crippen LogP contribution in [0.25, 0.3) is 0 Å². The predicted molar refractivity (Wildman–Crippen MR) is 101 cm³/mol. The molecule has 26 heavy (non-hydrogen) atoms. The van der Waals surface area contributed by atoms with Gasteiger partial charge in [-0.15, -0.1) is 11.3 Å². The molecule has 4 heterocycles. The molecule has 0 bridgehead atoms. The van der Waals surface area contributed by atoms with Crippen molar-refractivity contribution in [1.29, 1.82) is 0 Å². The molecule has 6 nitrogen and oxygen atoms in total. The highest BCUT2D eigenvalue weighted by Gasteiger charge is 2.25. The minimum atomic E-state index is 0.447. The molecule has 7 heteroatoms. The minimum Gasteiger partial charge on any atom is -0.497 e. The summed E-state index contributed by atoms with van der Waals surface area (Å²) in [6, 6.07) is 3.91. The Bertz CT molecular complexity index is 832. The third kappa shape index (κ3) is 3.94. The largest absolute Gasteiger partial charge is 0.497 e. The second kappa shape index (κ2) is 7.97. The van der Waals surface area contributed by atoms with Crippen molar-refractivity contribution in [2.24, 2.45) is 0 Å². The first-order valence-electron chi connectivity index (χ1n) is 8.91. The summed E-state index contributed by atoms with van der Waals surface area (Å²) in [5, 5.41) is 2.10. The van der Waals surface area contributed by atoms with Gasteiger partial charge in [0.1, 0.15) is 11.6 Å². The lowest BCUT2D eigenvalue weighted by Gasteiger charge is -2.32. The number of piperidine rings is 1. The van der Waals surface area contributed by atoms with E-state index in [4.69, 9.17) is 4.74 Å². The minimum absolute atomic E-state index is 0.447. The molecule has 0 aliphatic carbocycles. The van der Waals surface area contributed by atoms with E-state index in [2.05, 4.69) is 36.0 Å². The highest BCUT2D eigenvalue weighted by molar-refractivity contribution is 7.07. The number of imidazole rings is 1. The molecule has 1 aliphatic rings. The van der Waals surface area contributed by atoms with Crippen molar-refractivity contribution in [3.05, 3.63) is 58.8 Å². The number of pyridine rings is 1. The number of likely N-dealkylation sites (tertiary alicyclic amines) is 1. The number of nitrogens with zero attached hydrogens (tertiary/aromatic N) is 5. The van der Waals surface area contributed by atoms with Crippen LogP contribution >= 0.6 is 11.3 Å². The fourth-order valence-electron chi connectivity index (χ4n) is 3.61. The van der Waals surface area contributed by atoms with Gasteiger partial charge < -0.3 is 9.30 Å². The molecule has 136 valence electrons. The Morgan fingerprint density at radius 3 is 3.00 bits per heavy atom. The van der Waals surface area contributed by atoms with E-state index in [-0.39, 0.29) is 0 Å². The van der Waals surface area contributed by atoms with Crippen molar-refractivity contribution in [2.45, 2.75) is 31.8 Å². The van der Waals surface area contributed by atoms with E-state index in [1.165, 1.54) is 18.7 Å². The third-order valence-electron chi connectivity index (χ3n) is 4.84. The predicted octanol–water partition coefficient (Wildman–Crippen LogP) is 3.17. The number of thiazole rings is 1. The summed E-state index contributed by atoms with van der Waals surface area (Å²) < 4.78 is 7.56. The first-order valence-corrected chi connectivity index (χ1v) is 9.85. The second-order valence-electron chi connectivity index (χ2n) is 6.65. The van der Waals surface area contributed by atoms with Crippen molar-refractivity contribution < 1.29 is 4.74 Å². The standard InChI is InChI=1S/C19H23N5OS/c1-25-18-4-5-20-16(9-18)11-23-7-2-3-15(10-23)19-21-6-8-24(19)12-17-13-26-14-22-17/h4-6,8-9,13-15H,2-3,7,10-12H2,1H3. The van der Waals surface area contributed by atoms with Crippen molar-refractivity contribution in [1.82, 2.24) is 24.4 Å². The first-order chi connectivity index (χ1) is 12.8. The number of methoxy groups -OCH3 is 1. The van der Waals surface area contributed by atoms with Crippen LogP contribution in [0.15, 0.2) is 41.6 Å². The summed E-state index contributed by atoms with van der Waals surface area (Å²) in [7, 11) is 1.69. The van der Waals surface area contributed by atoms with Crippen LogP contribution in [-0.2, 0) is 13.1 Å². The molecule has 3 aromatic heterocycles. The smallest absolute Gasteiger partial charge is 0.122 e. The summed E-state index contributed by atoms with van der Waals surface area (Å²) in [5.74, 6) is 2.48. The van der Waals surface area contributed by atoms with Gasteiger partial charge in [0, 0.05) is 49.0 Å². The molecule has 1 saturated heterocycles. The Morgan fingerprint density at radius 1 is 1.19 bits per heavy atom. The monoisotopic (exact) mass is 369 g/mol. The molecule has 0 N–H and O–H groups in total. The Kier molecular flexibility index (Phi) is 5.26. The van der Waals surface area contributed by atoms with E-state index in [1.807, 2.05) is 30.0 Å². The lowest BCUT2D eigenvalue weighted by Crippen LogP contribution is -2.35. The number of hydrogen-bond donors (Lipinski definition) is 0. The molecule has 1 atom stereocenters. The first kappa shape index (κ1) is 17.2. The molecule has 0 amide bonds. The maximum atomic E-state index is 5.31. The van der Waals surface area contributed by atoms with Crippen molar-refractivity contribution in [3.63, 3.8) is 0 Å². The van der Waals surface area contributed by atoms with Crippen molar-refractivity contribution >= 4 is 11.3 Å². The van der Waals surface area contributed by atoms with Crippen LogP contribution in [0.3, 0.4) is 0 Å². The molecule has 0 saturated carbocycles. The molecule has 1 fully saturated rings. The lowest BCUT2D eigenvalue weighted by atomic mass is 9.97. The Labute approximate surface area is 157 Å².